The first-order valence-electron chi connectivity index (χ1n) is 5.77. The highest BCUT2D eigenvalue weighted by molar-refractivity contribution is 6.49. The second-order valence-corrected chi connectivity index (χ2v) is 6.24. The summed E-state index contributed by atoms with van der Waals surface area (Å²) in [6, 6.07) is 5.68. The van der Waals surface area contributed by atoms with E-state index >= 15 is 0 Å². The molecule has 0 bridgehead atoms. The van der Waals surface area contributed by atoms with Crippen LogP contribution in [0, 0.1) is 17.2 Å². The smallest absolute Gasteiger partial charge is 0.325 e. The summed E-state index contributed by atoms with van der Waals surface area (Å²) in [5.74, 6) is -1.77. The fraction of sp³-hybridized carbons (Fsp3) is 0.357. The molecule has 2 rings (SSSR count). The highest BCUT2D eigenvalue weighted by atomic mass is 35.5. The van der Waals surface area contributed by atoms with E-state index in [1.807, 2.05) is 0 Å². The van der Waals surface area contributed by atoms with Gasteiger partial charge < -0.3 is 5.11 Å². The van der Waals surface area contributed by atoms with Gasteiger partial charge in [0, 0.05) is 16.4 Å². The Labute approximate surface area is 120 Å². The lowest BCUT2D eigenvalue weighted by atomic mass is 10.1. The minimum atomic E-state index is -1.33. The first-order chi connectivity index (χ1) is 8.71. The molecule has 0 aliphatic heterocycles. The van der Waals surface area contributed by atoms with Crippen LogP contribution in [0.2, 0.25) is 0 Å². The third-order valence-corrected chi connectivity index (χ3v) is 5.03. The number of alkyl halides is 1. The van der Waals surface area contributed by atoms with Crippen LogP contribution in [0.25, 0.3) is 5.03 Å². The Morgan fingerprint density at radius 2 is 1.89 bits per heavy atom. The first-order valence-corrected chi connectivity index (χ1v) is 6.52. The summed E-state index contributed by atoms with van der Waals surface area (Å²) in [5, 5.41) is 9.56. The Kier molecular flexibility index (Phi) is 3.40. The van der Waals surface area contributed by atoms with Crippen LogP contribution in [0.1, 0.15) is 19.4 Å². The topological polar surface area (TPSA) is 37.3 Å². The third kappa shape index (κ3) is 2.15. The Bertz CT molecular complexity index is 551. The van der Waals surface area contributed by atoms with Gasteiger partial charge in [0.1, 0.15) is 5.82 Å². The van der Waals surface area contributed by atoms with E-state index in [2.05, 4.69) is 0 Å². The summed E-state index contributed by atoms with van der Waals surface area (Å²) in [6.45, 7) is 3.56. The monoisotopic (exact) mass is 302 g/mol. The number of carbonyl (C=O) groups is 1. The Hall–Kier alpha value is -1.06. The zero-order chi connectivity index (χ0) is 14.4. The summed E-state index contributed by atoms with van der Waals surface area (Å²) in [4.78, 5) is 9.89. The summed E-state index contributed by atoms with van der Waals surface area (Å²) in [7, 11) is 0. The van der Waals surface area contributed by atoms with Crippen molar-refractivity contribution in [1.29, 1.82) is 0 Å². The Morgan fingerprint density at radius 3 is 2.32 bits per heavy atom. The van der Waals surface area contributed by atoms with E-state index in [1.54, 1.807) is 32.1 Å². The van der Waals surface area contributed by atoms with E-state index in [1.165, 1.54) is 12.1 Å². The number of hydrogen-bond acceptors (Lipinski definition) is 1. The quantitative estimate of drug-likeness (QED) is 0.853. The molecule has 19 heavy (non-hydrogen) atoms. The van der Waals surface area contributed by atoms with Crippen molar-refractivity contribution < 1.29 is 14.3 Å². The van der Waals surface area contributed by atoms with Gasteiger partial charge in [0.15, 0.2) is 4.87 Å². The second-order valence-electron chi connectivity index (χ2n) is 5.24. The van der Waals surface area contributed by atoms with Gasteiger partial charge in [-0.2, -0.15) is 0 Å². The number of carboxylic acid groups (broad SMARTS) is 1. The zero-order valence-corrected chi connectivity index (χ0v) is 12.0. The van der Waals surface area contributed by atoms with E-state index in [0.717, 1.165) is 0 Å². The van der Waals surface area contributed by atoms with E-state index in [0.29, 0.717) is 10.6 Å². The molecule has 1 aliphatic carbocycles. The van der Waals surface area contributed by atoms with Crippen LogP contribution >= 0.6 is 23.2 Å². The zero-order valence-electron chi connectivity index (χ0n) is 10.5. The molecule has 5 heteroatoms. The van der Waals surface area contributed by atoms with Crippen LogP contribution in [-0.4, -0.2) is 16.0 Å². The predicted octanol–water partition coefficient (Wildman–Crippen LogP) is 4.12. The number of aliphatic carboxylic acids is 1. The lowest BCUT2D eigenvalue weighted by molar-refractivity contribution is -0.138. The number of hydrogen-bond donors (Lipinski definition) is 1. The molecule has 2 unspecified atom stereocenters. The highest BCUT2D eigenvalue weighted by Crippen LogP contribution is 2.67. The SMILES string of the molecule is CC1(C)C(C=C(Cl)c2ccc(F)cc2)C1(Cl)C(=O)O. The molecule has 1 aromatic carbocycles. The standard InChI is InChI=1S/C14H13Cl2FO2/c1-13(2)11(14(13,16)12(18)19)7-10(15)8-3-5-9(17)6-4-8/h3-7,11H,1-2H3,(H,18,19). The van der Waals surface area contributed by atoms with Gasteiger partial charge in [0.25, 0.3) is 0 Å². The van der Waals surface area contributed by atoms with Gasteiger partial charge in [0.2, 0.25) is 0 Å². The maximum Gasteiger partial charge on any atom is 0.325 e. The lowest BCUT2D eigenvalue weighted by Crippen LogP contribution is -2.21. The minimum absolute atomic E-state index is 0.350. The molecule has 0 aromatic heterocycles. The number of halogens is 3. The van der Waals surface area contributed by atoms with Crippen molar-refractivity contribution in [3.05, 3.63) is 41.7 Å². The van der Waals surface area contributed by atoms with E-state index in [9.17, 15) is 14.3 Å². The fourth-order valence-corrected chi connectivity index (χ4v) is 2.98. The van der Waals surface area contributed by atoms with Gasteiger partial charge >= 0.3 is 5.97 Å². The van der Waals surface area contributed by atoms with Crippen LogP contribution in [0.5, 0.6) is 0 Å². The Balaban J connectivity index is 2.28. The molecule has 1 saturated carbocycles. The number of carboxylic acids is 1. The summed E-state index contributed by atoms with van der Waals surface area (Å²) < 4.78 is 12.8. The van der Waals surface area contributed by atoms with Gasteiger partial charge in [-0.25, -0.2) is 4.39 Å². The van der Waals surface area contributed by atoms with Crippen molar-refractivity contribution in [2.45, 2.75) is 18.7 Å². The molecule has 0 spiro atoms. The highest BCUT2D eigenvalue weighted by Gasteiger charge is 2.74. The molecule has 102 valence electrons. The van der Waals surface area contributed by atoms with Gasteiger partial charge in [-0.05, 0) is 17.7 Å². The maximum absolute atomic E-state index is 12.8. The van der Waals surface area contributed by atoms with Crippen LogP contribution in [-0.2, 0) is 4.79 Å². The summed E-state index contributed by atoms with van der Waals surface area (Å²) in [6.07, 6.45) is 1.63. The van der Waals surface area contributed by atoms with Crippen molar-refractivity contribution >= 4 is 34.2 Å². The summed E-state index contributed by atoms with van der Waals surface area (Å²) in [5.41, 5.74) is 0.0655. The van der Waals surface area contributed by atoms with Crippen molar-refractivity contribution in [3.8, 4) is 0 Å². The van der Waals surface area contributed by atoms with E-state index < -0.39 is 16.3 Å². The predicted molar refractivity (Wildman–Crippen MR) is 73.7 cm³/mol. The van der Waals surface area contributed by atoms with Crippen molar-refractivity contribution in [1.82, 2.24) is 0 Å². The van der Waals surface area contributed by atoms with Gasteiger partial charge in [-0.1, -0.05) is 43.7 Å². The van der Waals surface area contributed by atoms with Crippen LogP contribution in [0.4, 0.5) is 4.39 Å². The van der Waals surface area contributed by atoms with E-state index in [-0.39, 0.29) is 11.7 Å². The van der Waals surface area contributed by atoms with Gasteiger partial charge in [0.05, 0.1) is 0 Å². The van der Waals surface area contributed by atoms with Crippen molar-refractivity contribution in [2.75, 3.05) is 0 Å². The molecule has 1 aromatic rings. The molecule has 2 atom stereocenters. The lowest BCUT2D eigenvalue weighted by Gasteiger charge is -2.03. The normalized spacial score (nSPS) is 29.1. The molecular weight excluding hydrogens is 290 g/mol. The molecule has 1 aliphatic rings. The number of rotatable bonds is 3. The molecule has 1 N–H and O–H groups in total. The largest absolute Gasteiger partial charge is 0.480 e. The molecule has 2 nitrogen and oxygen atoms in total. The second kappa shape index (κ2) is 4.50. The summed E-state index contributed by atoms with van der Waals surface area (Å²) >= 11 is 12.3. The van der Waals surface area contributed by atoms with Crippen LogP contribution in [0.15, 0.2) is 30.3 Å². The van der Waals surface area contributed by atoms with Crippen molar-refractivity contribution in [3.63, 3.8) is 0 Å². The van der Waals surface area contributed by atoms with Crippen LogP contribution in [0.3, 0.4) is 0 Å². The number of allylic oxidation sites excluding steroid dienone is 1. The molecule has 0 saturated heterocycles. The van der Waals surface area contributed by atoms with Gasteiger partial charge in [-0.15, -0.1) is 11.6 Å². The third-order valence-electron chi connectivity index (χ3n) is 3.80. The van der Waals surface area contributed by atoms with Crippen molar-refractivity contribution in [2.24, 2.45) is 11.3 Å². The fourth-order valence-electron chi connectivity index (χ4n) is 2.33. The first kappa shape index (κ1) is 14.4. The molecule has 1 fully saturated rings. The molecular formula is C14H13Cl2FO2. The van der Waals surface area contributed by atoms with Gasteiger partial charge in [-0.3, -0.25) is 4.79 Å². The Morgan fingerprint density at radius 1 is 1.37 bits per heavy atom. The average Bonchev–Trinajstić information content (AvgIpc) is 2.76. The van der Waals surface area contributed by atoms with Crippen LogP contribution < -0.4 is 0 Å². The number of benzene rings is 1. The molecule has 0 heterocycles. The maximum atomic E-state index is 12.8. The molecule has 0 radical (unpaired) electrons. The molecule has 0 amide bonds. The minimum Gasteiger partial charge on any atom is -0.480 e. The average molecular weight is 303 g/mol. The van der Waals surface area contributed by atoms with E-state index in [4.69, 9.17) is 23.2 Å².